The quantitative estimate of drug-likeness (QED) is 0.442. The van der Waals surface area contributed by atoms with Gasteiger partial charge in [-0.3, -0.25) is 0 Å². The Morgan fingerprint density at radius 1 is 1.26 bits per heavy atom. The molecule has 0 radical (unpaired) electrons. The van der Waals surface area contributed by atoms with E-state index < -0.39 is 0 Å². The normalized spacial score (nSPS) is 11.1. The Hall–Kier alpha value is -2.27. The predicted molar refractivity (Wildman–Crippen MR) is 98.1 cm³/mol. The molecule has 2 aromatic rings. The van der Waals surface area contributed by atoms with Crippen LogP contribution in [0.2, 0.25) is 0 Å². The second-order valence-corrected chi connectivity index (χ2v) is 5.87. The maximum atomic E-state index is 5.67. The average Bonchev–Trinajstić information content (AvgIpc) is 3.09. The molecule has 2 N–H and O–H groups in total. The van der Waals surface area contributed by atoms with Gasteiger partial charge in [0, 0.05) is 17.0 Å². The number of benzene rings is 1. The highest BCUT2D eigenvalue weighted by Crippen LogP contribution is 2.18. The highest BCUT2D eigenvalue weighted by Gasteiger charge is 2.03. The molecule has 0 spiro atoms. The monoisotopic (exact) mass is 329 g/mol. The number of nitrogens with one attached hydrogen (secondary N) is 2. The molecule has 23 heavy (non-hydrogen) atoms. The fourth-order valence-electron chi connectivity index (χ4n) is 2.01. The number of aliphatic imine (C=N–C) groups is 1. The fourth-order valence-corrected chi connectivity index (χ4v) is 2.66. The Morgan fingerprint density at radius 3 is 2.87 bits per heavy atom. The van der Waals surface area contributed by atoms with E-state index in [2.05, 4.69) is 46.6 Å². The lowest BCUT2D eigenvalue weighted by molar-refractivity contribution is 0.359. The summed E-state index contributed by atoms with van der Waals surface area (Å²) in [5.41, 5.74) is 1.06. The average molecular weight is 329 g/mol. The molecular formula is C18H23N3OS. The predicted octanol–water partition coefficient (Wildman–Crippen LogP) is 3.57. The van der Waals surface area contributed by atoms with Crippen LogP contribution >= 0.6 is 11.3 Å². The summed E-state index contributed by atoms with van der Waals surface area (Å²) in [6.07, 6.45) is 1.74. The van der Waals surface area contributed by atoms with E-state index in [1.54, 1.807) is 17.4 Å². The van der Waals surface area contributed by atoms with Crippen molar-refractivity contribution in [3.8, 4) is 5.75 Å². The van der Waals surface area contributed by atoms with Gasteiger partial charge in [0.25, 0.3) is 0 Å². The van der Waals surface area contributed by atoms with Crippen LogP contribution in [0, 0.1) is 0 Å². The van der Waals surface area contributed by atoms with Gasteiger partial charge < -0.3 is 15.4 Å². The van der Waals surface area contributed by atoms with Gasteiger partial charge in [-0.2, -0.15) is 0 Å². The summed E-state index contributed by atoms with van der Waals surface area (Å²) in [5.74, 6) is 1.66. The maximum Gasteiger partial charge on any atom is 0.191 e. The number of hydrogen-bond donors (Lipinski definition) is 2. The minimum Gasteiger partial charge on any atom is -0.489 e. The lowest BCUT2D eigenvalue weighted by atomic mass is 10.2. The van der Waals surface area contributed by atoms with Gasteiger partial charge in [-0.25, -0.2) is 4.99 Å². The van der Waals surface area contributed by atoms with Gasteiger partial charge in [-0.05, 0) is 24.4 Å². The van der Waals surface area contributed by atoms with Crippen molar-refractivity contribution in [2.24, 2.45) is 4.99 Å². The van der Waals surface area contributed by atoms with Crippen molar-refractivity contribution in [1.82, 2.24) is 10.6 Å². The minimum atomic E-state index is 0.497. The number of ether oxygens (including phenoxy) is 1. The van der Waals surface area contributed by atoms with Crippen LogP contribution in [0.3, 0.4) is 0 Å². The number of para-hydroxylation sites is 1. The van der Waals surface area contributed by atoms with E-state index in [0.717, 1.165) is 30.4 Å². The standard InChI is InChI=1S/C18H23N3OS/c1-3-11-22-17-10-6-5-8-15(17)13-20-18(19-4-2)21-14-16-9-7-12-23-16/h3,5-10,12H,1,4,11,13-14H2,2H3,(H2,19,20,21). The summed E-state index contributed by atoms with van der Waals surface area (Å²) in [6, 6.07) is 12.1. The molecular weight excluding hydrogens is 306 g/mol. The smallest absolute Gasteiger partial charge is 0.191 e. The van der Waals surface area contributed by atoms with Gasteiger partial charge in [0.15, 0.2) is 5.96 Å². The van der Waals surface area contributed by atoms with Crippen molar-refractivity contribution >= 4 is 17.3 Å². The molecule has 0 unspecified atom stereocenters. The fraction of sp³-hybridized carbons (Fsp3) is 0.278. The second kappa shape index (κ2) is 9.69. The topological polar surface area (TPSA) is 45.6 Å². The molecule has 0 amide bonds. The molecule has 5 heteroatoms. The first kappa shape index (κ1) is 17.1. The summed E-state index contributed by atoms with van der Waals surface area (Å²) in [6.45, 7) is 8.40. The molecule has 0 aliphatic rings. The van der Waals surface area contributed by atoms with Crippen molar-refractivity contribution in [2.45, 2.75) is 20.0 Å². The molecule has 2 rings (SSSR count). The highest BCUT2D eigenvalue weighted by atomic mass is 32.1. The Bertz CT molecular complexity index is 623. The summed E-state index contributed by atoms with van der Waals surface area (Å²) in [4.78, 5) is 5.93. The van der Waals surface area contributed by atoms with E-state index in [9.17, 15) is 0 Å². The van der Waals surface area contributed by atoms with Crippen LogP contribution in [-0.2, 0) is 13.1 Å². The van der Waals surface area contributed by atoms with E-state index in [1.165, 1.54) is 4.88 Å². The zero-order valence-electron chi connectivity index (χ0n) is 13.4. The first-order valence-corrected chi connectivity index (χ1v) is 8.57. The van der Waals surface area contributed by atoms with Crippen molar-refractivity contribution in [1.29, 1.82) is 0 Å². The van der Waals surface area contributed by atoms with Gasteiger partial charge in [0.2, 0.25) is 0 Å². The molecule has 4 nitrogen and oxygen atoms in total. The number of nitrogens with zero attached hydrogens (tertiary/aromatic N) is 1. The maximum absolute atomic E-state index is 5.67. The molecule has 0 saturated heterocycles. The third-order valence-corrected chi connectivity index (χ3v) is 3.97. The molecule has 0 saturated carbocycles. The first-order valence-electron chi connectivity index (χ1n) is 7.69. The number of rotatable bonds is 8. The van der Waals surface area contributed by atoms with Crippen molar-refractivity contribution in [2.75, 3.05) is 13.2 Å². The molecule has 1 aromatic carbocycles. The molecule has 122 valence electrons. The number of guanidine groups is 1. The van der Waals surface area contributed by atoms with Crippen LogP contribution in [-0.4, -0.2) is 19.1 Å². The van der Waals surface area contributed by atoms with Crippen molar-refractivity contribution < 1.29 is 4.74 Å². The Balaban J connectivity index is 2.00. The van der Waals surface area contributed by atoms with Gasteiger partial charge >= 0.3 is 0 Å². The van der Waals surface area contributed by atoms with Crippen LogP contribution < -0.4 is 15.4 Å². The van der Waals surface area contributed by atoms with E-state index in [1.807, 2.05) is 24.3 Å². The van der Waals surface area contributed by atoms with Crippen LogP contribution in [0.15, 0.2) is 59.4 Å². The van der Waals surface area contributed by atoms with Gasteiger partial charge in [0.05, 0.1) is 13.1 Å². The first-order chi connectivity index (χ1) is 11.3. The van der Waals surface area contributed by atoms with Gasteiger partial charge in [-0.1, -0.05) is 36.9 Å². The van der Waals surface area contributed by atoms with E-state index >= 15 is 0 Å². The van der Waals surface area contributed by atoms with Crippen LogP contribution in [0.1, 0.15) is 17.4 Å². The molecule has 0 aliphatic carbocycles. The second-order valence-electron chi connectivity index (χ2n) is 4.84. The zero-order chi connectivity index (χ0) is 16.3. The summed E-state index contributed by atoms with van der Waals surface area (Å²) in [7, 11) is 0. The molecule has 0 atom stereocenters. The number of thiophene rings is 1. The molecule has 0 aliphatic heterocycles. The minimum absolute atomic E-state index is 0.497. The lowest BCUT2D eigenvalue weighted by Gasteiger charge is -2.12. The van der Waals surface area contributed by atoms with E-state index in [4.69, 9.17) is 4.74 Å². The largest absolute Gasteiger partial charge is 0.489 e. The summed E-state index contributed by atoms with van der Waals surface area (Å²) in [5, 5.41) is 8.69. The summed E-state index contributed by atoms with van der Waals surface area (Å²) < 4.78 is 5.67. The lowest BCUT2D eigenvalue weighted by Crippen LogP contribution is -2.36. The van der Waals surface area contributed by atoms with Crippen LogP contribution in [0.4, 0.5) is 0 Å². The third kappa shape index (κ3) is 5.79. The molecule has 0 bridgehead atoms. The highest BCUT2D eigenvalue weighted by molar-refractivity contribution is 7.09. The van der Waals surface area contributed by atoms with Crippen molar-refractivity contribution in [3.05, 3.63) is 64.9 Å². The van der Waals surface area contributed by atoms with E-state index in [-0.39, 0.29) is 0 Å². The molecule has 1 aromatic heterocycles. The van der Waals surface area contributed by atoms with Crippen LogP contribution in [0.25, 0.3) is 0 Å². The molecule has 0 fully saturated rings. The SMILES string of the molecule is C=CCOc1ccccc1CN=C(NCC)NCc1cccs1. The van der Waals surface area contributed by atoms with Gasteiger partial charge in [0.1, 0.15) is 12.4 Å². The van der Waals surface area contributed by atoms with Gasteiger partial charge in [-0.15, -0.1) is 11.3 Å². The Kier molecular flexibility index (Phi) is 7.20. The Morgan fingerprint density at radius 2 is 2.13 bits per heavy atom. The number of hydrogen-bond acceptors (Lipinski definition) is 3. The van der Waals surface area contributed by atoms with Crippen LogP contribution in [0.5, 0.6) is 5.75 Å². The summed E-state index contributed by atoms with van der Waals surface area (Å²) >= 11 is 1.73. The molecule has 1 heterocycles. The third-order valence-electron chi connectivity index (χ3n) is 3.09. The van der Waals surface area contributed by atoms with Crippen molar-refractivity contribution in [3.63, 3.8) is 0 Å². The van der Waals surface area contributed by atoms with E-state index in [0.29, 0.717) is 13.2 Å². The zero-order valence-corrected chi connectivity index (χ0v) is 14.2. The Labute approximate surface area is 141 Å².